The molecule has 1 N–H and O–H groups in total. The monoisotopic (exact) mass is 255 g/mol. The summed E-state index contributed by atoms with van der Waals surface area (Å²) >= 11 is 6.04. The molecule has 0 unspecified atom stereocenters. The van der Waals surface area contributed by atoms with Crippen molar-refractivity contribution in [3.63, 3.8) is 0 Å². The van der Waals surface area contributed by atoms with E-state index in [-0.39, 0.29) is 11.3 Å². The van der Waals surface area contributed by atoms with Crippen LogP contribution < -0.4 is 5.32 Å². The van der Waals surface area contributed by atoms with E-state index in [0.29, 0.717) is 18.1 Å². The Bertz CT molecular complexity index is 396. The maximum Gasteiger partial charge on any atom is 0.269 e. The Kier molecular flexibility index (Phi) is 3.72. The number of amides is 1. The van der Waals surface area contributed by atoms with Crippen LogP contribution in [-0.2, 0) is 7.05 Å². The fraction of sp³-hybridized carbons (Fsp3) is 0.667. The summed E-state index contributed by atoms with van der Waals surface area (Å²) < 4.78 is 1.58. The topological polar surface area (TPSA) is 46.9 Å². The van der Waals surface area contributed by atoms with Crippen LogP contribution >= 0.6 is 11.6 Å². The fourth-order valence-electron chi connectivity index (χ4n) is 2.44. The molecule has 1 amide bonds. The van der Waals surface area contributed by atoms with Gasteiger partial charge in [0.15, 0.2) is 0 Å². The molecule has 1 fully saturated rings. The summed E-state index contributed by atoms with van der Waals surface area (Å²) in [5.74, 6) is 0.556. The highest BCUT2D eigenvalue weighted by molar-refractivity contribution is 6.18. The third kappa shape index (κ3) is 2.63. The molecule has 0 aromatic carbocycles. The van der Waals surface area contributed by atoms with Crippen LogP contribution in [0.1, 0.15) is 36.2 Å². The predicted molar refractivity (Wildman–Crippen MR) is 67.2 cm³/mol. The molecule has 2 rings (SSSR count). The van der Waals surface area contributed by atoms with E-state index in [1.165, 1.54) is 12.8 Å². The number of carbonyl (C=O) groups is 1. The van der Waals surface area contributed by atoms with Crippen molar-refractivity contribution in [1.82, 2.24) is 15.1 Å². The third-order valence-electron chi connectivity index (χ3n) is 3.63. The molecular weight excluding hydrogens is 238 g/mol. The van der Waals surface area contributed by atoms with E-state index in [4.69, 9.17) is 11.6 Å². The molecule has 1 aromatic heterocycles. The first-order valence-corrected chi connectivity index (χ1v) is 6.52. The lowest BCUT2D eigenvalue weighted by Crippen LogP contribution is -2.37. The SMILES string of the molecule is Cn1nccc1C(=O)NCC1(CCl)CCCC1. The number of alkyl halides is 1. The number of halogens is 1. The summed E-state index contributed by atoms with van der Waals surface area (Å²) in [5, 5.41) is 6.96. The van der Waals surface area contributed by atoms with E-state index in [1.54, 1.807) is 24.0 Å². The zero-order valence-electron chi connectivity index (χ0n) is 10.1. The molecule has 0 bridgehead atoms. The van der Waals surface area contributed by atoms with Gasteiger partial charge in [0.1, 0.15) is 5.69 Å². The Labute approximate surface area is 106 Å². The second-order valence-electron chi connectivity index (χ2n) is 4.86. The molecule has 4 nitrogen and oxygen atoms in total. The van der Waals surface area contributed by atoms with Crippen molar-refractivity contribution < 1.29 is 4.79 Å². The zero-order valence-corrected chi connectivity index (χ0v) is 10.8. The Balaban J connectivity index is 1.94. The number of nitrogens with zero attached hydrogens (tertiary/aromatic N) is 2. The van der Waals surface area contributed by atoms with Gasteiger partial charge < -0.3 is 5.32 Å². The van der Waals surface area contributed by atoms with Gasteiger partial charge in [0.25, 0.3) is 5.91 Å². The Morgan fingerprint density at radius 2 is 2.29 bits per heavy atom. The molecule has 94 valence electrons. The quantitative estimate of drug-likeness (QED) is 0.836. The van der Waals surface area contributed by atoms with Gasteiger partial charge in [-0.05, 0) is 18.9 Å². The van der Waals surface area contributed by atoms with E-state index >= 15 is 0 Å². The lowest BCUT2D eigenvalue weighted by atomic mass is 9.88. The van der Waals surface area contributed by atoms with Crippen molar-refractivity contribution in [2.24, 2.45) is 12.5 Å². The Hall–Kier alpha value is -1.03. The molecule has 0 spiro atoms. The third-order valence-corrected chi connectivity index (χ3v) is 4.19. The van der Waals surface area contributed by atoms with Crippen molar-refractivity contribution in [3.05, 3.63) is 18.0 Å². The minimum absolute atomic E-state index is 0.0682. The second-order valence-corrected chi connectivity index (χ2v) is 5.13. The highest BCUT2D eigenvalue weighted by Crippen LogP contribution is 2.38. The van der Waals surface area contributed by atoms with Crippen molar-refractivity contribution in [3.8, 4) is 0 Å². The van der Waals surface area contributed by atoms with E-state index in [2.05, 4.69) is 10.4 Å². The minimum Gasteiger partial charge on any atom is -0.350 e. The van der Waals surface area contributed by atoms with Gasteiger partial charge in [-0.2, -0.15) is 5.10 Å². The fourth-order valence-corrected chi connectivity index (χ4v) is 2.80. The maximum atomic E-state index is 11.9. The molecule has 0 saturated heterocycles. The van der Waals surface area contributed by atoms with Crippen LogP contribution in [0, 0.1) is 5.41 Å². The summed E-state index contributed by atoms with van der Waals surface area (Å²) in [6, 6.07) is 1.72. The zero-order chi connectivity index (χ0) is 12.3. The molecule has 0 aliphatic heterocycles. The van der Waals surface area contributed by atoms with Gasteiger partial charge in [-0.3, -0.25) is 9.48 Å². The molecule has 1 heterocycles. The summed E-state index contributed by atoms with van der Waals surface area (Å²) in [5.41, 5.74) is 0.697. The number of rotatable bonds is 4. The molecule has 0 radical (unpaired) electrons. The number of carbonyl (C=O) groups excluding carboxylic acids is 1. The number of hydrogen-bond acceptors (Lipinski definition) is 2. The average molecular weight is 256 g/mol. The van der Waals surface area contributed by atoms with Crippen molar-refractivity contribution in [2.75, 3.05) is 12.4 Å². The van der Waals surface area contributed by atoms with E-state index < -0.39 is 0 Å². The first-order valence-electron chi connectivity index (χ1n) is 5.99. The van der Waals surface area contributed by atoms with Gasteiger partial charge in [-0.25, -0.2) is 0 Å². The van der Waals surface area contributed by atoms with E-state index in [0.717, 1.165) is 12.8 Å². The minimum atomic E-state index is -0.0682. The first kappa shape index (κ1) is 12.4. The summed E-state index contributed by atoms with van der Waals surface area (Å²) in [6.45, 7) is 0.667. The van der Waals surface area contributed by atoms with Gasteiger partial charge in [-0.15, -0.1) is 11.6 Å². The molecule has 1 aliphatic carbocycles. The molecule has 17 heavy (non-hydrogen) atoms. The number of aromatic nitrogens is 2. The van der Waals surface area contributed by atoms with Gasteiger partial charge in [0.2, 0.25) is 0 Å². The normalized spacial score (nSPS) is 18.2. The van der Waals surface area contributed by atoms with E-state index in [9.17, 15) is 4.79 Å². The largest absolute Gasteiger partial charge is 0.350 e. The maximum absolute atomic E-state index is 11.9. The van der Waals surface area contributed by atoms with Crippen LogP contribution in [0.25, 0.3) is 0 Å². The van der Waals surface area contributed by atoms with Gasteiger partial charge in [0.05, 0.1) is 0 Å². The summed E-state index contributed by atoms with van der Waals surface area (Å²) in [7, 11) is 1.77. The molecule has 1 saturated carbocycles. The smallest absolute Gasteiger partial charge is 0.269 e. The van der Waals surface area contributed by atoms with Crippen LogP contribution in [0.3, 0.4) is 0 Å². The van der Waals surface area contributed by atoms with Crippen molar-refractivity contribution in [2.45, 2.75) is 25.7 Å². The van der Waals surface area contributed by atoms with Crippen LogP contribution in [0.4, 0.5) is 0 Å². The first-order chi connectivity index (χ1) is 8.17. The van der Waals surface area contributed by atoms with Gasteiger partial charge in [-0.1, -0.05) is 12.8 Å². The number of nitrogens with one attached hydrogen (secondary N) is 1. The van der Waals surface area contributed by atoms with Crippen molar-refractivity contribution in [1.29, 1.82) is 0 Å². The standard InChI is InChI=1S/C12H18ClN3O/c1-16-10(4-7-15-16)11(17)14-9-12(8-13)5-2-3-6-12/h4,7H,2-3,5-6,8-9H2,1H3,(H,14,17). The molecule has 5 heteroatoms. The molecule has 0 atom stereocenters. The number of aryl methyl sites for hydroxylation is 1. The van der Waals surface area contributed by atoms with Crippen molar-refractivity contribution >= 4 is 17.5 Å². The van der Waals surface area contributed by atoms with Gasteiger partial charge in [0, 0.05) is 31.1 Å². The van der Waals surface area contributed by atoms with Crippen LogP contribution in [0.2, 0.25) is 0 Å². The summed E-state index contributed by atoms with van der Waals surface area (Å²) in [6.07, 6.45) is 6.29. The molecule has 1 aromatic rings. The molecular formula is C12H18ClN3O. The predicted octanol–water partition coefficient (Wildman–Crippen LogP) is 1.95. The lowest BCUT2D eigenvalue weighted by Gasteiger charge is -2.26. The van der Waals surface area contributed by atoms with Crippen LogP contribution in [0.15, 0.2) is 12.3 Å². The molecule has 1 aliphatic rings. The highest BCUT2D eigenvalue weighted by atomic mass is 35.5. The van der Waals surface area contributed by atoms with Crippen LogP contribution in [-0.4, -0.2) is 28.1 Å². The number of hydrogen-bond donors (Lipinski definition) is 1. The second kappa shape index (κ2) is 5.08. The van der Waals surface area contributed by atoms with Crippen LogP contribution in [0.5, 0.6) is 0 Å². The van der Waals surface area contributed by atoms with E-state index in [1.807, 2.05) is 0 Å². The lowest BCUT2D eigenvalue weighted by molar-refractivity contribution is 0.0925. The average Bonchev–Trinajstić information content (AvgIpc) is 2.95. The summed E-state index contributed by atoms with van der Waals surface area (Å²) in [4.78, 5) is 11.9. The Morgan fingerprint density at radius 1 is 1.59 bits per heavy atom. The van der Waals surface area contributed by atoms with Gasteiger partial charge >= 0.3 is 0 Å². The highest BCUT2D eigenvalue weighted by Gasteiger charge is 2.33. The Morgan fingerprint density at radius 3 is 2.82 bits per heavy atom.